The number of rotatable bonds is 4. The molecule has 1 rings (SSSR count). The van der Waals surface area contributed by atoms with Crippen LogP contribution in [0.25, 0.3) is 0 Å². The van der Waals surface area contributed by atoms with Crippen molar-refractivity contribution in [1.82, 2.24) is 5.32 Å². The Labute approximate surface area is 92.8 Å². The lowest BCUT2D eigenvalue weighted by molar-refractivity contribution is -0.0484. The van der Waals surface area contributed by atoms with Gasteiger partial charge < -0.3 is 10.5 Å². The highest BCUT2D eigenvalue weighted by Gasteiger charge is 2.36. The maximum atomic E-state index is 5.85. The molecule has 0 spiro atoms. The minimum Gasteiger partial charge on any atom is -0.378 e. The molecule has 0 amide bonds. The molecule has 0 radical (unpaired) electrons. The summed E-state index contributed by atoms with van der Waals surface area (Å²) in [5, 5.41) is 3.38. The lowest BCUT2D eigenvalue weighted by Crippen LogP contribution is -2.57. The van der Waals surface area contributed by atoms with Gasteiger partial charge in [-0.1, -0.05) is 19.8 Å². The van der Waals surface area contributed by atoms with Gasteiger partial charge in [-0.3, -0.25) is 5.32 Å². The molecule has 0 aliphatic carbocycles. The van der Waals surface area contributed by atoms with E-state index in [0.717, 1.165) is 19.4 Å². The normalized spacial score (nSPS) is 31.5. The highest BCUT2D eigenvalue weighted by molar-refractivity contribution is 4.99. The third-order valence-corrected chi connectivity index (χ3v) is 3.20. The van der Waals surface area contributed by atoms with Gasteiger partial charge in [0.05, 0.1) is 12.6 Å². The van der Waals surface area contributed by atoms with Crippen molar-refractivity contribution in [2.45, 2.75) is 38.3 Å². The van der Waals surface area contributed by atoms with Gasteiger partial charge in [-0.2, -0.15) is 0 Å². The second-order valence-electron chi connectivity index (χ2n) is 4.65. The number of hydrogen-bond acceptors (Lipinski definition) is 3. The molecular formula is C12H22N2O. The molecule has 15 heavy (non-hydrogen) atoms. The van der Waals surface area contributed by atoms with Gasteiger partial charge in [0.15, 0.2) is 0 Å². The third kappa shape index (κ3) is 3.20. The van der Waals surface area contributed by atoms with Crippen molar-refractivity contribution in [3.05, 3.63) is 0 Å². The second-order valence-corrected chi connectivity index (χ2v) is 4.65. The lowest BCUT2D eigenvalue weighted by atomic mass is 9.83. The monoisotopic (exact) mass is 210 g/mol. The van der Waals surface area contributed by atoms with Gasteiger partial charge >= 0.3 is 0 Å². The summed E-state index contributed by atoms with van der Waals surface area (Å²) in [5.41, 5.74) is 5.84. The van der Waals surface area contributed by atoms with Crippen LogP contribution in [-0.2, 0) is 4.74 Å². The largest absolute Gasteiger partial charge is 0.378 e. The van der Waals surface area contributed by atoms with E-state index in [0.29, 0.717) is 25.1 Å². The van der Waals surface area contributed by atoms with E-state index in [-0.39, 0.29) is 5.54 Å². The standard InChI is InChI=1S/C12H22N2O/c1-4-6-14-12(9-13)5-7-15-11(8-12)10(2)3/h1,10-11,14H,5-9,13H2,2-3H3. The van der Waals surface area contributed by atoms with Gasteiger partial charge in [0.25, 0.3) is 0 Å². The highest BCUT2D eigenvalue weighted by atomic mass is 16.5. The van der Waals surface area contributed by atoms with Crippen LogP contribution in [0.3, 0.4) is 0 Å². The minimum atomic E-state index is -0.0143. The van der Waals surface area contributed by atoms with Crippen LogP contribution < -0.4 is 11.1 Å². The average molecular weight is 210 g/mol. The summed E-state index contributed by atoms with van der Waals surface area (Å²) in [4.78, 5) is 0. The number of nitrogens with one attached hydrogen (secondary N) is 1. The van der Waals surface area contributed by atoms with Crippen LogP contribution in [0.2, 0.25) is 0 Å². The minimum absolute atomic E-state index is 0.0143. The Hall–Kier alpha value is -0.560. The second kappa shape index (κ2) is 5.50. The van der Waals surface area contributed by atoms with E-state index < -0.39 is 0 Å². The van der Waals surface area contributed by atoms with Crippen molar-refractivity contribution in [2.75, 3.05) is 19.7 Å². The Bertz CT molecular complexity index is 234. The molecule has 1 aliphatic heterocycles. The summed E-state index contributed by atoms with van der Waals surface area (Å²) in [7, 11) is 0. The quantitative estimate of drug-likeness (QED) is 0.673. The predicted molar refractivity (Wildman–Crippen MR) is 62.4 cm³/mol. The fraction of sp³-hybridized carbons (Fsp3) is 0.833. The Morgan fingerprint density at radius 2 is 2.40 bits per heavy atom. The maximum Gasteiger partial charge on any atom is 0.0616 e. The van der Waals surface area contributed by atoms with E-state index >= 15 is 0 Å². The molecule has 3 N–H and O–H groups in total. The SMILES string of the molecule is C#CCNC1(CN)CCOC(C(C)C)C1. The summed E-state index contributed by atoms with van der Waals surface area (Å²) in [6, 6.07) is 0. The predicted octanol–water partition coefficient (Wildman–Crippen LogP) is 0.742. The van der Waals surface area contributed by atoms with Crippen LogP contribution in [0.1, 0.15) is 26.7 Å². The van der Waals surface area contributed by atoms with E-state index in [4.69, 9.17) is 16.9 Å². The molecule has 2 unspecified atom stereocenters. The molecule has 2 atom stereocenters. The van der Waals surface area contributed by atoms with Gasteiger partial charge in [-0.25, -0.2) is 0 Å². The molecule has 1 aliphatic rings. The maximum absolute atomic E-state index is 5.85. The Balaban J connectivity index is 2.60. The highest BCUT2D eigenvalue weighted by Crippen LogP contribution is 2.27. The van der Waals surface area contributed by atoms with Crippen LogP contribution in [-0.4, -0.2) is 31.3 Å². The van der Waals surface area contributed by atoms with E-state index in [1.807, 2.05) is 0 Å². The first kappa shape index (κ1) is 12.5. The summed E-state index contributed by atoms with van der Waals surface area (Å²) in [5.74, 6) is 3.14. The van der Waals surface area contributed by atoms with Crippen molar-refractivity contribution >= 4 is 0 Å². The smallest absolute Gasteiger partial charge is 0.0616 e. The van der Waals surface area contributed by atoms with Gasteiger partial charge in [-0.15, -0.1) is 6.42 Å². The summed E-state index contributed by atoms with van der Waals surface area (Å²) >= 11 is 0. The van der Waals surface area contributed by atoms with Crippen LogP contribution in [0.15, 0.2) is 0 Å². The molecule has 1 fully saturated rings. The number of ether oxygens (including phenoxy) is 1. The summed E-state index contributed by atoms with van der Waals surface area (Å²) in [6.45, 7) is 6.35. The third-order valence-electron chi connectivity index (χ3n) is 3.20. The molecule has 0 aromatic rings. The van der Waals surface area contributed by atoms with Crippen LogP contribution >= 0.6 is 0 Å². The molecular weight excluding hydrogens is 188 g/mol. The number of nitrogens with two attached hydrogens (primary N) is 1. The molecule has 0 aromatic heterocycles. The molecule has 1 heterocycles. The van der Waals surface area contributed by atoms with Crippen molar-refractivity contribution in [1.29, 1.82) is 0 Å². The molecule has 0 aromatic carbocycles. The molecule has 86 valence electrons. The van der Waals surface area contributed by atoms with E-state index in [1.54, 1.807) is 0 Å². The Kier molecular flexibility index (Phi) is 4.59. The van der Waals surface area contributed by atoms with Gasteiger partial charge in [0.2, 0.25) is 0 Å². The van der Waals surface area contributed by atoms with Crippen molar-refractivity contribution in [3.63, 3.8) is 0 Å². The number of hydrogen-bond donors (Lipinski definition) is 2. The fourth-order valence-corrected chi connectivity index (χ4v) is 2.04. The number of terminal acetylenes is 1. The van der Waals surface area contributed by atoms with Crippen LogP contribution in [0.5, 0.6) is 0 Å². The van der Waals surface area contributed by atoms with Crippen molar-refractivity contribution in [2.24, 2.45) is 11.7 Å². The van der Waals surface area contributed by atoms with E-state index in [1.165, 1.54) is 0 Å². The topological polar surface area (TPSA) is 47.3 Å². The van der Waals surface area contributed by atoms with E-state index in [2.05, 4.69) is 25.1 Å². The van der Waals surface area contributed by atoms with Crippen LogP contribution in [0.4, 0.5) is 0 Å². The molecule has 3 nitrogen and oxygen atoms in total. The first-order valence-electron chi connectivity index (χ1n) is 5.64. The van der Waals surface area contributed by atoms with Gasteiger partial charge in [-0.05, 0) is 18.8 Å². The molecule has 0 saturated carbocycles. The first-order valence-corrected chi connectivity index (χ1v) is 5.64. The molecule has 1 saturated heterocycles. The van der Waals surface area contributed by atoms with Crippen molar-refractivity contribution < 1.29 is 4.74 Å². The Morgan fingerprint density at radius 3 is 2.93 bits per heavy atom. The fourth-order valence-electron chi connectivity index (χ4n) is 2.04. The zero-order valence-electron chi connectivity index (χ0n) is 9.75. The lowest BCUT2D eigenvalue weighted by Gasteiger charge is -2.42. The van der Waals surface area contributed by atoms with Crippen molar-refractivity contribution in [3.8, 4) is 12.3 Å². The first-order chi connectivity index (χ1) is 7.13. The zero-order valence-corrected chi connectivity index (χ0v) is 9.75. The van der Waals surface area contributed by atoms with Gasteiger partial charge in [0, 0.05) is 18.7 Å². The summed E-state index contributed by atoms with van der Waals surface area (Å²) < 4.78 is 5.73. The average Bonchev–Trinajstić information content (AvgIpc) is 2.26. The van der Waals surface area contributed by atoms with Gasteiger partial charge in [0.1, 0.15) is 0 Å². The molecule has 3 heteroatoms. The Morgan fingerprint density at radius 1 is 1.67 bits per heavy atom. The van der Waals surface area contributed by atoms with E-state index in [9.17, 15) is 0 Å². The zero-order chi connectivity index (χ0) is 11.3. The summed E-state index contributed by atoms with van der Waals surface area (Å²) in [6.07, 6.45) is 7.48. The molecule has 0 bridgehead atoms. The van der Waals surface area contributed by atoms with Crippen LogP contribution in [0, 0.1) is 18.3 Å².